The lowest BCUT2D eigenvalue weighted by atomic mass is 10.1. The number of hydrogen-bond acceptors (Lipinski definition) is 3. The fourth-order valence-corrected chi connectivity index (χ4v) is 2.18. The molecular weight excluding hydrogens is 276 g/mol. The molecule has 0 radical (unpaired) electrons. The Bertz CT molecular complexity index is 830. The SMILES string of the molecule is Cc1cccc(-n2cc(-c3cccc(N=C(N)N)c3)nn2)c1. The van der Waals surface area contributed by atoms with Crippen LogP contribution in [-0.2, 0) is 0 Å². The lowest BCUT2D eigenvalue weighted by molar-refractivity contribution is 0.803. The highest BCUT2D eigenvalue weighted by Gasteiger charge is 2.06. The molecule has 0 amide bonds. The molecular formula is C16H16N6. The van der Waals surface area contributed by atoms with E-state index in [-0.39, 0.29) is 5.96 Å². The largest absolute Gasteiger partial charge is 0.370 e. The van der Waals surface area contributed by atoms with E-state index in [1.807, 2.05) is 61.7 Å². The van der Waals surface area contributed by atoms with Crippen molar-refractivity contribution in [2.75, 3.05) is 0 Å². The monoisotopic (exact) mass is 292 g/mol. The summed E-state index contributed by atoms with van der Waals surface area (Å²) in [6.07, 6.45) is 1.88. The Morgan fingerprint density at radius 3 is 2.68 bits per heavy atom. The molecule has 3 rings (SSSR count). The van der Waals surface area contributed by atoms with Gasteiger partial charge < -0.3 is 11.5 Å². The molecule has 1 heterocycles. The summed E-state index contributed by atoms with van der Waals surface area (Å²) in [4.78, 5) is 4.04. The van der Waals surface area contributed by atoms with Gasteiger partial charge in [0.05, 0.1) is 17.6 Å². The van der Waals surface area contributed by atoms with Crippen molar-refractivity contribution in [3.05, 3.63) is 60.3 Å². The van der Waals surface area contributed by atoms with Crippen LogP contribution in [0.2, 0.25) is 0 Å². The average molecular weight is 292 g/mol. The summed E-state index contributed by atoms with van der Waals surface area (Å²) in [5.41, 5.74) is 15.3. The van der Waals surface area contributed by atoms with Gasteiger partial charge in [-0.15, -0.1) is 5.10 Å². The molecule has 1 aromatic heterocycles. The van der Waals surface area contributed by atoms with Crippen molar-refractivity contribution in [2.45, 2.75) is 6.92 Å². The molecule has 22 heavy (non-hydrogen) atoms. The molecule has 3 aromatic rings. The highest BCUT2D eigenvalue weighted by Crippen LogP contribution is 2.23. The molecule has 0 saturated heterocycles. The summed E-state index contributed by atoms with van der Waals surface area (Å²) in [7, 11) is 0. The maximum absolute atomic E-state index is 5.40. The number of guanidine groups is 1. The van der Waals surface area contributed by atoms with Gasteiger partial charge in [-0.3, -0.25) is 0 Å². The molecule has 0 atom stereocenters. The Kier molecular flexibility index (Phi) is 3.57. The quantitative estimate of drug-likeness (QED) is 0.571. The third-order valence-corrected chi connectivity index (χ3v) is 3.16. The van der Waals surface area contributed by atoms with Gasteiger partial charge in [0.2, 0.25) is 0 Å². The topological polar surface area (TPSA) is 95.1 Å². The van der Waals surface area contributed by atoms with E-state index < -0.39 is 0 Å². The second-order valence-corrected chi connectivity index (χ2v) is 4.97. The molecule has 0 fully saturated rings. The smallest absolute Gasteiger partial charge is 0.191 e. The number of aryl methyl sites for hydroxylation is 1. The molecule has 0 bridgehead atoms. The van der Waals surface area contributed by atoms with Crippen molar-refractivity contribution < 1.29 is 0 Å². The number of benzene rings is 2. The number of aliphatic imine (C=N–C) groups is 1. The van der Waals surface area contributed by atoms with Gasteiger partial charge in [-0.2, -0.15) is 0 Å². The number of aromatic nitrogens is 3. The van der Waals surface area contributed by atoms with Crippen molar-refractivity contribution in [3.63, 3.8) is 0 Å². The van der Waals surface area contributed by atoms with Crippen LogP contribution >= 0.6 is 0 Å². The van der Waals surface area contributed by atoms with Gasteiger partial charge in [0.25, 0.3) is 0 Å². The predicted molar refractivity (Wildman–Crippen MR) is 87.0 cm³/mol. The van der Waals surface area contributed by atoms with Gasteiger partial charge in [-0.05, 0) is 36.8 Å². The zero-order valence-corrected chi connectivity index (χ0v) is 12.1. The van der Waals surface area contributed by atoms with Crippen LogP contribution in [0.4, 0.5) is 5.69 Å². The molecule has 2 aromatic carbocycles. The third-order valence-electron chi connectivity index (χ3n) is 3.16. The van der Waals surface area contributed by atoms with Crippen LogP contribution in [0, 0.1) is 6.92 Å². The van der Waals surface area contributed by atoms with Crippen LogP contribution in [0.25, 0.3) is 16.9 Å². The van der Waals surface area contributed by atoms with Crippen molar-refractivity contribution in [1.29, 1.82) is 0 Å². The normalized spacial score (nSPS) is 10.4. The maximum atomic E-state index is 5.40. The zero-order valence-electron chi connectivity index (χ0n) is 12.1. The van der Waals surface area contributed by atoms with Crippen molar-refractivity contribution in [2.24, 2.45) is 16.5 Å². The van der Waals surface area contributed by atoms with Gasteiger partial charge in [0.1, 0.15) is 5.69 Å². The first-order valence-corrected chi connectivity index (χ1v) is 6.81. The first-order valence-electron chi connectivity index (χ1n) is 6.81. The molecule has 110 valence electrons. The van der Waals surface area contributed by atoms with E-state index in [0.29, 0.717) is 5.69 Å². The molecule has 6 heteroatoms. The summed E-state index contributed by atoms with van der Waals surface area (Å²) < 4.78 is 1.75. The summed E-state index contributed by atoms with van der Waals surface area (Å²) in [5.74, 6) is 0.0283. The zero-order chi connectivity index (χ0) is 15.5. The van der Waals surface area contributed by atoms with Gasteiger partial charge in [-0.25, -0.2) is 9.67 Å². The average Bonchev–Trinajstić information content (AvgIpc) is 2.97. The number of rotatable bonds is 3. The Hall–Kier alpha value is -3.15. The number of nitrogens with zero attached hydrogens (tertiary/aromatic N) is 4. The molecule has 0 aliphatic heterocycles. The highest BCUT2D eigenvalue weighted by molar-refractivity contribution is 5.79. The molecule has 0 unspecified atom stereocenters. The van der Waals surface area contributed by atoms with Gasteiger partial charge in [-0.1, -0.05) is 29.5 Å². The minimum absolute atomic E-state index is 0.0283. The molecule has 4 N–H and O–H groups in total. The Balaban J connectivity index is 1.96. The van der Waals surface area contributed by atoms with E-state index >= 15 is 0 Å². The summed E-state index contributed by atoms with van der Waals surface area (Å²) in [6.45, 7) is 2.04. The predicted octanol–water partition coefficient (Wildman–Crippen LogP) is 2.15. The van der Waals surface area contributed by atoms with Gasteiger partial charge >= 0.3 is 0 Å². The minimum Gasteiger partial charge on any atom is -0.370 e. The fraction of sp³-hybridized carbons (Fsp3) is 0.0625. The Morgan fingerprint density at radius 2 is 1.91 bits per heavy atom. The second kappa shape index (κ2) is 5.69. The molecule has 0 aliphatic carbocycles. The summed E-state index contributed by atoms with van der Waals surface area (Å²) in [5, 5.41) is 8.39. The van der Waals surface area contributed by atoms with Crippen LogP contribution in [0.3, 0.4) is 0 Å². The first kappa shape index (κ1) is 13.8. The summed E-state index contributed by atoms with van der Waals surface area (Å²) >= 11 is 0. The molecule has 0 saturated carbocycles. The van der Waals surface area contributed by atoms with E-state index in [1.165, 1.54) is 5.56 Å². The van der Waals surface area contributed by atoms with Crippen molar-refractivity contribution in [3.8, 4) is 16.9 Å². The highest BCUT2D eigenvalue weighted by atomic mass is 15.4. The van der Waals surface area contributed by atoms with Crippen LogP contribution < -0.4 is 11.5 Å². The minimum atomic E-state index is 0.0283. The van der Waals surface area contributed by atoms with Crippen molar-refractivity contribution in [1.82, 2.24) is 15.0 Å². The number of hydrogen-bond donors (Lipinski definition) is 2. The Morgan fingerprint density at radius 1 is 1.09 bits per heavy atom. The van der Waals surface area contributed by atoms with Crippen LogP contribution in [0.5, 0.6) is 0 Å². The fourth-order valence-electron chi connectivity index (χ4n) is 2.18. The van der Waals surface area contributed by atoms with E-state index in [4.69, 9.17) is 11.5 Å². The number of nitrogens with two attached hydrogens (primary N) is 2. The standard InChI is InChI=1S/C16H16N6/c1-11-4-2-7-14(8-11)22-10-15(20-21-22)12-5-3-6-13(9-12)19-16(17)18/h2-10H,1H3,(H4,17,18,19). The maximum Gasteiger partial charge on any atom is 0.191 e. The molecule has 6 nitrogen and oxygen atoms in total. The first-order chi connectivity index (χ1) is 10.6. The van der Waals surface area contributed by atoms with Crippen molar-refractivity contribution >= 4 is 11.6 Å². The molecule has 0 spiro atoms. The molecule has 0 aliphatic rings. The van der Waals surface area contributed by atoms with Crippen LogP contribution in [-0.4, -0.2) is 21.0 Å². The van der Waals surface area contributed by atoms with Crippen LogP contribution in [0.1, 0.15) is 5.56 Å². The van der Waals surface area contributed by atoms with Crippen LogP contribution in [0.15, 0.2) is 59.7 Å². The third kappa shape index (κ3) is 2.95. The van der Waals surface area contributed by atoms with E-state index in [0.717, 1.165) is 16.9 Å². The lowest BCUT2D eigenvalue weighted by Crippen LogP contribution is -2.21. The van der Waals surface area contributed by atoms with Gasteiger partial charge in [0, 0.05) is 5.56 Å². The van der Waals surface area contributed by atoms with E-state index in [1.54, 1.807) is 4.68 Å². The Labute approximate surface area is 128 Å². The second-order valence-electron chi connectivity index (χ2n) is 4.97. The van der Waals surface area contributed by atoms with E-state index in [9.17, 15) is 0 Å². The van der Waals surface area contributed by atoms with Gasteiger partial charge in [0.15, 0.2) is 5.96 Å². The van der Waals surface area contributed by atoms with E-state index in [2.05, 4.69) is 15.3 Å². The summed E-state index contributed by atoms with van der Waals surface area (Å²) in [6, 6.07) is 15.6. The lowest BCUT2D eigenvalue weighted by Gasteiger charge is -2.01.